The van der Waals surface area contributed by atoms with Crippen molar-refractivity contribution in [3.8, 4) is 5.88 Å². The first-order valence-corrected chi connectivity index (χ1v) is 8.85. The lowest BCUT2D eigenvalue weighted by Gasteiger charge is -2.42. The largest absolute Gasteiger partial charge is 0.476 e. The van der Waals surface area contributed by atoms with Gasteiger partial charge in [-0.05, 0) is 43.7 Å². The maximum atomic E-state index is 13.6. The van der Waals surface area contributed by atoms with Crippen molar-refractivity contribution in [3.05, 3.63) is 24.1 Å². The minimum Gasteiger partial charge on any atom is -0.476 e. The molecular formula is C18H26FN3O3. The maximum absolute atomic E-state index is 13.6. The smallest absolute Gasteiger partial charge is 0.319 e. The number of nitrogens with zero attached hydrogens (tertiary/aromatic N) is 3. The Morgan fingerprint density at radius 3 is 2.92 bits per heavy atom. The summed E-state index contributed by atoms with van der Waals surface area (Å²) in [4.78, 5) is 19.5. The fraction of sp³-hybridized carbons (Fsp3) is 0.667. The number of amides is 2. The van der Waals surface area contributed by atoms with Crippen LogP contribution in [0.3, 0.4) is 0 Å². The van der Waals surface area contributed by atoms with Crippen molar-refractivity contribution in [3.63, 3.8) is 0 Å². The molecule has 2 amide bonds. The van der Waals surface area contributed by atoms with Crippen molar-refractivity contribution in [2.45, 2.75) is 31.3 Å². The highest BCUT2D eigenvalue weighted by molar-refractivity contribution is 5.73. The first-order valence-electron chi connectivity index (χ1n) is 8.85. The third kappa shape index (κ3) is 3.86. The number of hydrogen-bond donors (Lipinski definition) is 0. The molecule has 1 aromatic heterocycles. The lowest BCUT2D eigenvalue weighted by atomic mass is 9.78. The predicted molar refractivity (Wildman–Crippen MR) is 91.0 cm³/mol. The van der Waals surface area contributed by atoms with Crippen LogP contribution in [0.15, 0.2) is 18.3 Å². The van der Waals surface area contributed by atoms with Gasteiger partial charge in [-0.15, -0.1) is 0 Å². The second-order valence-corrected chi connectivity index (χ2v) is 6.99. The van der Waals surface area contributed by atoms with E-state index in [2.05, 4.69) is 4.98 Å². The molecule has 2 fully saturated rings. The van der Waals surface area contributed by atoms with Crippen LogP contribution in [-0.4, -0.2) is 66.8 Å². The lowest BCUT2D eigenvalue weighted by molar-refractivity contribution is -0.0644. The molecule has 0 aliphatic carbocycles. The average molecular weight is 351 g/mol. The Morgan fingerprint density at radius 1 is 1.48 bits per heavy atom. The van der Waals surface area contributed by atoms with Gasteiger partial charge in [-0.2, -0.15) is 0 Å². The van der Waals surface area contributed by atoms with E-state index in [4.69, 9.17) is 9.47 Å². The number of ether oxygens (including phenoxy) is 2. The van der Waals surface area contributed by atoms with E-state index in [-0.39, 0.29) is 17.5 Å². The summed E-state index contributed by atoms with van der Waals surface area (Å²) in [6, 6.07) is 2.95. The lowest BCUT2D eigenvalue weighted by Crippen LogP contribution is -2.51. The van der Waals surface area contributed by atoms with Gasteiger partial charge >= 0.3 is 6.03 Å². The summed E-state index contributed by atoms with van der Waals surface area (Å²) in [5.41, 5.74) is -0.172. The van der Waals surface area contributed by atoms with E-state index in [9.17, 15) is 9.18 Å². The number of pyridine rings is 1. The standard InChI is InChI=1S/C18H26FN3O3/c1-21(2)17(23)22-10-7-18(8-11-22)14(6-13-25-18)5-12-24-16-15(19)4-3-9-20-16/h3-4,9,14H,5-8,10-13H2,1-2H3/t14-/m1/s1. The topological polar surface area (TPSA) is 54.9 Å². The average Bonchev–Trinajstić information content (AvgIpc) is 2.99. The molecule has 0 unspecified atom stereocenters. The molecule has 0 saturated carbocycles. The summed E-state index contributed by atoms with van der Waals surface area (Å²) in [6.45, 7) is 2.58. The number of carbonyl (C=O) groups is 1. The molecule has 2 saturated heterocycles. The van der Waals surface area contributed by atoms with Crippen molar-refractivity contribution >= 4 is 6.03 Å². The SMILES string of the molecule is CN(C)C(=O)N1CCC2(CC1)OCC[C@H]2CCOc1ncccc1F. The Kier molecular flexibility index (Phi) is 5.42. The van der Waals surface area contributed by atoms with E-state index < -0.39 is 5.82 Å². The molecule has 138 valence electrons. The van der Waals surface area contributed by atoms with Gasteiger partial charge in [0.2, 0.25) is 5.88 Å². The highest BCUT2D eigenvalue weighted by Gasteiger charge is 2.46. The van der Waals surface area contributed by atoms with Crippen molar-refractivity contribution in [2.24, 2.45) is 5.92 Å². The molecule has 0 radical (unpaired) electrons. The molecule has 3 rings (SSSR count). The number of hydrogen-bond acceptors (Lipinski definition) is 4. The summed E-state index contributed by atoms with van der Waals surface area (Å²) in [7, 11) is 3.55. The summed E-state index contributed by atoms with van der Waals surface area (Å²) < 4.78 is 25.2. The van der Waals surface area contributed by atoms with Crippen LogP contribution in [-0.2, 0) is 4.74 Å². The number of carbonyl (C=O) groups excluding carboxylic acids is 1. The van der Waals surface area contributed by atoms with Crippen LogP contribution in [0.2, 0.25) is 0 Å². The highest BCUT2D eigenvalue weighted by Crippen LogP contribution is 2.42. The van der Waals surface area contributed by atoms with Gasteiger partial charge < -0.3 is 19.3 Å². The van der Waals surface area contributed by atoms with Crippen LogP contribution in [0.4, 0.5) is 9.18 Å². The third-order valence-corrected chi connectivity index (χ3v) is 5.29. The van der Waals surface area contributed by atoms with Crippen LogP contribution < -0.4 is 4.74 Å². The van der Waals surface area contributed by atoms with Gasteiger partial charge in [0.1, 0.15) is 0 Å². The van der Waals surface area contributed by atoms with Crippen LogP contribution in [0.5, 0.6) is 5.88 Å². The third-order valence-electron chi connectivity index (χ3n) is 5.29. The Morgan fingerprint density at radius 2 is 2.24 bits per heavy atom. The van der Waals surface area contributed by atoms with Gasteiger partial charge in [-0.25, -0.2) is 14.2 Å². The molecule has 2 aliphatic rings. The number of piperidine rings is 1. The molecule has 0 bridgehead atoms. The van der Waals surface area contributed by atoms with Gasteiger partial charge in [0.05, 0.1) is 12.2 Å². The molecule has 2 aliphatic heterocycles. The first kappa shape index (κ1) is 17.9. The molecule has 0 aromatic carbocycles. The second kappa shape index (κ2) is 7.56. The van der Waals surface area contributed by atoms with Gasteiger partial charge in [0.15, 0.2) is 5.82 Å². The predicted octanol–water partition coefficient (Wildman–Crippen LogP) is 2.54. The van der Waals surface area contributed by atoms with Crippen molar-refractivity contribution < 1.29 is 18.7 Å². The molecule has 6 nitrogen and oxygen atoms in total. The number of rotatable bonds is 4. The zero-order valence-corrected chi connectivity index (χ0v) is 14.9. The minimum atomic E-state index is -0.435. The molecule has 7 heteroatoms. The zero-order chi connectivity index (χ0) is 17.9. The fourth-order valence-electron chi connectivity index (χ4n) is 3.88. The number of likely N-dealkylation sites (tertiary alicyclic amines) is 1. The van der Waals surface area contributed by atoms with E-state index in [0.29, 0.717) is 25.6 Å². The molecule has 1 aromatic rings. The summed E-state index contributed by atoms with van der Waals surface area (Å²) in [5.74, 6) is -0.00635. The molecule has 1 spiro atoms. The van der Waals surface area contributed by atoms with E-state index >= 15 is 0 Å². The van der Waals surface area contributed by atoms with Gasteiger partial charge in [0.25, 0.3) is 0 Å². The summed E-state index contributed by atoms with van der Waals surface area (Å²) in [5, 5.41) is 0. The van der Waals surface area contributed by atoms with Gasteiger partial charge in [-0.3, -0.25) is 0 Å². The minimum absolute atomic E-state index is 0.0540. The summed E-state index contributed by atoms with van der Waals surface area (Å²) >= 11 is 0. The van der Waals surface area contributed by atoms with Crippen molar-refractivity contribution in [1.82, 2.24) is 14.8 Å². The van der Waals surface area contributed by atoms with E-state index in [1.54, 1.807) is 25.1 Å². The number of aromatic nitrogens is 1. The Hall–Kier alpha value is -1.89. The van der Waals surface area contributed by atoms with Gasteiger partial charge in [0, 0.05) is 40.0 Å². The van der Waals surface area contributed by atoms with Crippen LogP contribution in [0, 0.1) is 11.7 Å². The monoisotopic (exact) mass is 351 g/mol. The molecule has 1 atom stereocenters. The highest BCUT2D eigenvalue weighted by atomic mass is 19.1. The Balaban J connectivity index is 1.53. The van der Waals surface area contributed by atoms with Gasteiger partial charge in [-0.1, -0.05) is 0 Å². The van der Waals surface area contributed by atoms with Crippen molar-refractivity contribution in [2.75, 3.05) is 40.4 Å². The van der Waals surface area contributed by atoms with E-state index in [0.717, 1.165) is 32.3 Å². The quantitative estimate of drug-likeness (QED) is 0.837. The van der Waals surface area contributed by atoms with Crippen molar-refractivity contribution in [1.29, 1.82) is 0 Å². The van der Waals surface area contributed by atoms with Crippen LogP contribution in [0.1, 0.15) is 25.7 Å². The normalized spacial score (nSPS) is 22.2. The Labute approximate surface area is 147 Å². The molecule has 3 heterocycles. The maximum Gasteiger partial charge on any atom is 0.319 e. The first-order chi connectivity index (χ1) is 12.0. The molecular weight excluding hydrogens is 325 g/mol. The molecule has 0 N–H and O–H groups in total. The summed E-state index contributed by atoms with van der Waals surface area (Å²) in [6.07, 6.45) is 4.99. The zero-order valence-electron chi connectivity index (χ0n) is 14.9. The molecule has 25 heavy (non-hydrogen) atoms. The second-order valence-electron chi connectivity index (χ2n) is 6.99. The van der Waals surface area contributed by atoms with E-state index in [1.807, 2.05) is 4.90 Å². The Bertz CT molecular complexity index is 603. The number of halogens is 1. The van der Waals surface area contributed by atoms with Crippen LogP contribution >= 0.6 is 0 Å². The number of urea groups is 1. The van der Waals surface area contributed by atoms with E-state index in [1.165, 1.54) is 12.3 Å². The van der Waals surface area contributed by atoms with Crippen LogP contribution in [0.25, 0.3) is 0 Å². The fourth-order valence-corrected chi connectivity index (χ4v) is 3.88.